The van der Waals surface area contributed by atoms with Gasteiger partial charge in [-0.1, -0.05) is 50.2 Å². The third-order valence-electron chi connectivity index (χ3n) is 6.92. The lowest BCUT2D eigenvalue weighted by Gasteiger charge is -2.40. The number of halogens is 2. The van der Waals surface area contributed by atoms with Crippen molar-refractivity contribution in [3.8, 4) is 17.0 Å². The van der Waals surface area contributed by atoms with E-state index in [4.69, 9.17) is 26.1 Å². The van der Waals surface area contributed by atoms with E-state index in [1.54, 1.807) is 34.1 Å². The van der Waals surface area contributed by atoms with Gasteiger partial charge in [0.2, 0.25) is 0 Å². The van der Waals surface area contributed by atoms with Gasteiger partial charge in [0.25, 0.3) is 5.91 Å². The Kier molecular flexibility index (Phi) is 8.97. The molecule has 1 aromatic carbocycles. The van der Waals surface area contributed by atoms with E-state index < -0.39 is 23.6 Å². The normalized spacial score (nSPS) is 17.7. The van der Waals surface area contributed by atoms with Gasteiger partial charge in [0.1, 0.15) is 34.4 Å². The number of ether oxygens (including phenoxy) is 2. The average molecular weight is 585 g/mol. The van der Waals surface area contributed by atoms with Crippen molar-refractivity contribution in [2.45, 2.75) is 59.6 Å². The molecule has 0 unspecified atom stereocenters. The number of benzene rings is 1. The van der Waals surface area contributed by atoms with Crippen molar-refractivity contribution < 1.29 is 23.5 Å². The lowest BCUT2D eigenvalue weighted by molar-refractivity contribution is 0.000958. The summed E-state index contributed by atoms with van der Waals surface area (Å²) in [5, 5.41) is 3.40. The minimum Gasteiger partial charge on any atom is -0.489 e. The molecule has 0 radical (unpaired) electrons. The van der Waals surface area contributed by atoms with Crippen molar-refractivity contribution in [3.05, 3.63) is 64.6 Å². The molecule has 2 amide bonds. The number of pyridine rings is 1. The molecular formula is C31H38ClFN4O4. The number of anilines is 1. The molecule has 3 heterocycles. The highest BCUT2D eigenvalue weighted by Gasteiger charge is 2.41. The van der Waals surface area contributed by atoms with E-state index >= 15 is 0 Å². The van der Waals surface area contributed by atoms with Gasteiger partial charge in [-0.05, 0) is 57.7 Å². The number of carbonyl (C=O) groups is 2. The number of nitrogens with zero attached hydrogens (tertiary/aromatic N) is 3. The van der Waals surface area contributed by atoms with Crippen LogP contribution in [0.3, 0.4) is 0 Å². The molecule has 1 fully saturated rings. The Labute approximate surface area is 246 Å². The number of fused-ring (bicyclic) bond motifs is 2. The van der Waals surface area contributed by atoms with Crippen molar-refractivity contribution in [1.82, 2.24) is 14.8 Å². The molecule has 0 saturated carbocycles. The van der Waals surface area contributed by atoms with Gasteiger partial charge < -0.3 is 24.6 Å². The molecule has 1 atom stereocenters. The van der Waals surface area contributed by atoms with Crippen LogP contribution in [-0.4, -0.2) is 64.7 Å². The fraction of sp³-hybridized carbons (Fsp3) is 0.452. The van der Waals surface area contributed by atoms with Crippen molar-refractivity contribution in [2.75, 3.05) is 31.6 Å². The number of piperazine rings is 1. The Morgan fingerprint density at radius 3 is 2.66 bits per heavy atom. The number of nitrogens with one attached hydrogen (secondary N) is 1. The first-order valence-corrected chi connectivity index (χ1v) is 14.2. The van der Waals surface area contributed by atoms with Crippen LogP contribution in [0.4, 0.5) is 15.0 Å². The Bertz CT molecular complexity index is 1380. The van der Waals surface area contributed by atoms with E-state index in [1.807, 2.05) is 27.7 Å². The number of hydrogen-bond acceptors (Lipinski definition) is 6. The van der Waals surface area contributed by atoms with Crippen molar-refractivity contribution in [3.63, 3.8) is 0 Å². The SMILES string of the molecule is C=C/C(C)=C(\CC(C)C)Nc1nc(-c2ccccc2F)c(Cl)c2c1C(=O)N1CCN(C(=O)OC(C)(C)C)C[C@@H]1CO2. The molecule has 2 aliphatic heterocycles. The zero-order chi connectivity index (χ0) is 30.1. The van der Waals surface area contributed by atoms with E-state index in [-0.39, 0.29) is 59.0 Å². The van der Waals surface area contributed by atoms with Crippen LogP contribution < -0.4 is 10.1 Å². The standard InChI is InChI=1S/C31H38ClFN4O4/c1-8-19(4)23(15-18(2)3)34-28-24-27(25(32)26(35-28)21-11-9-10-12-22(21)33)40-17-20-16-36(13-14-37(20)29(24)38)30(39)41-31(5,6)7/h8-12,18,20H,1,13-17H2,2-7H3,(H,34,35)/b23-19+/t20-/m1/s1. The minimum absolute atomic E-state index is 0.0441. The van der Waals surface area contributed by atoms with Crippen molar-refractivity contribution in [1.29, 1.82) is 0 Å². The van der Waals surface area contributed by atoms with Gasteiger partial charge in [-0.15, -0.1) is 0 Å². The summed E-state index contributed by atoms with van der Waals surface area (Å²) in [6, 6.07) is 5.74. The molecule has 0 bridgehead atoms. The fourth-order valence-electron chi connectivity index (χ4n) is 4.86. The molecule has 2 aromatic rings. The van der Waals surface area contributed by atoms with E-state index in [0.717, 1.165) is 11.3 Å². The molecule has 8 nitrogen and oxygen atoms in total. The Balaban J connectivity index is 1.81. The second kappa shape index (κ2) is 12.1. The van der Waals surface area contributed by atoms with Crippen LogP contribution in [0.1, 0.15) is 58.3 Å². The second-order valence-corrected chi connectivity index (χ2v) is 12.2. The maximum atomic E-state index is 15.0. The van der Waals surface area contributed by atoms with Gasteiger partial charge >= 0.3 is 6.09 Å². The summed E-state index contributed by atoms with van der Waals surface area (Å²) >= 11 is 6.84. The van der Waals surface area contributed by atoms with E-state index in [1.165, 1.54) is 6.07 Å². The van der Waals surface area contributed by atoms with Crippen LogP contribution >= 0.6 is 11.6 Å². The Morgan fingerprint density at radius 2 is 2.02 bits per heavy atom. The Hall–Kier alpha value is -3.59. The summed E-state index contributed by atoms with van der Waals surface area (Å²) < 4.78 is 26.7. The quantitative estimate of drug-likeness (QED) is 0.371. The van der Waals surface area contributed by atoms with E-state index in [0.29, 0.717) is 18.9 Å². The number of amides is 2. The zero-order valence-electron chi connectivity index (χ0n) is 24.5. The zero-order valence-corrected chi connectivity index (χ0v) is 25.3. The summed E-state index contributed by atoms with van der Waals surface area (Å²) in [5.74, 6) is -0.186. The topological polar surface area (TPSA) is 84.0 Å². The number of hydrogen-bond donors (Lipinski definition) is 1. The first-order valence-electron chi connectivity index (χ1n) is 13.8. The highest BCUT2D eigenvalue weighted by Crippen LogP contribution is 2.43. The number of rotatable bonds is 6. The van der Waals surface area contributed by atoms with Gasteiger partial charge in [-0.3, -0.25) is 4.79 Å². The molecule has 41 heavy (non-hydrogen) atoms. The van der Waals surface area contributed by atoms with Gasteiger partial charge in [0.05, 0.1) is 11.7 Å². The smallest absolute Gasteiger partial charge is 0.410 e. The number of aromatic nitrogens is 1. The van der Waals surface area contributed by atoms with Crippen LogP contribution in [-0.2, 0) is 4.74 Å². The van der Waals surface area contributed by atoms with E-state index in [2.05, 4.69) is 25.7 Å². The largest absolute Gasteiger partial charge is 0.489 e. The van der Waals surface area contributed by atoms with Crippen molar-refractivity contribution in [2.24, 2.45) is 5.92 Å². The molecule has 1 aromatic heterocycles. The third-order valence-corrected chi connectivity index (χ3v) is 7.27. The molecule has 2 aliphatic rings. The monoisotopic (exact) mass is 584 g/mol. The summed E-state index contributed by atoms with van der Waals surface area (Å²) in [7, 11) is 0. The number of allylic oxidation sites excluding steroid dienone is 3. The van der Waals surface area contributed by atoms with Crippen LogP contribution in [0, 0.1) is 11.7 Å². The van der Waals surface area contributed by atoms with Crippen LogP contribution in [0.15, 0.2) is 48.2 Å². The number of carbonyl (C=O) groups excluding carboxylic acids is 2. The lowest BCUT2D eigenvalue weighted by Crippen LogP contribution is -2.58. The van der Waals surface area contributed by atoms with Crippen LogP contribution in [0.25, 0.3) is 11.3 Å². The molecular weight excluding hydrogens is 547 g/mol. The average Bonchev–Trinajstić information content (AvgIpc) is 3.05. The van der Waals surface area contributed by atoms with Crippen LogP contribution in [0.2, 0.25) is 5.02 Å². The predicted octanol–water partition coefficient (Wildman–Crippen LogP) is 6.91. The second-order valence-electron chi connectivity index (χ2n) is 11.8. The molecule has 0 aliphatic carbocycles. The van der Waals surface area contributed by atoms with Gasteiger partial charge in [0.15, 0.2) is 5.75 Å². The minimum atomic E-state index is -0.645. The lowest BCUT2D eigenvalue weighted by atomic mass is 10.0. The predicted molar refractivity (Wildman–Crippen MR) is 159 cm³/mol. The van der Waals surface area contributed by atoms with Crippen molar-refractivity contribution >= 4 is 29.4 Å². The molecule has 0 spiro atoms. The fourth-order valence-corrected chi connectivity index (χ4v) is 5.16. The summed E-state index contributed by atoms with van der Waals surface area (Å²) in [6.45, 7) is 16.3. The van der Waals surface area contributed by atoms with Gasteiger partial charge in [-0.2, -0.15) is 0 Å². The molecule has 1 N–H and O–H groups in total. The summed E-state index contributed by atoms with van der Waals surface area (Å²) in [6.07, 6.45) is 1.96. The third kappa shape index (κ3) is 6.67. The van der Waals surface area contributed by atoms with Crippen LogP contribution in [0.5, 0.6) is 5.75 Å². The molecule has 4 rings (SSSR count). The first-order chi connectivity index (χ1) is 19.3. The van der Waals surface area contributed by atoms with Gasteiger partial charge in [-0.25, -0.2) is 14.2 Å². The maximum Gasteiger partial charge on any atom is 0.410 e. The molecule has 10 heteroatoms. The summed E-state index contributed by atoms with van der Waals surface area (Å²) in [5.41, 5.74) is 1.59. The molecule has 1 saturated heterocycles. The van der Waals surface area contributed by atoms with E-state index in [9.17, 15) is 14.0 Å². The summed E-state index contributed by atoms with van der Waals surface area (Å²) in [4.78, 5) is 35.0. The maximum absolute atomic E-state index is 15.0. The highest BCUT2D eigenvalue weighted by atomic mass is 35.5. The molecule has 220 valence electrons. The van der Waals surface area contributed by atoms with Gasteiger partial charge in [0, 0.05) is 30.9 Å². The first kappa shape index (κ1) is 30.4. The Morgan fingerprint density at radius 1 is 1.32 bits per heavy atom. The highest BCUT2D eigenvalue weighted by molar-refractivity contribution is 6.35.